The highest BCUT2D eigenvalue weighted by Crippen LogP contribution is 2.22. The van der Waals surface area contributed by atoms with E-state index in [1.807, 2.05) is 13.8 Å². The van der Waals surface area contributed by atoms with E-state index in [1.54, 1.807) is 6.07 Å². The lowest BCUT2D eigenvalue weighted by molar-refractivity contribution is -0.121. The summed E-state index contributed by atoms with van der Waals surface area (Å²) >= 11 is 3.22. The molecule has 0 aromatic heterocycles. The number of rotatable bonds is 7. The fourth-order valence-electron chi connectivity index (χ4n) is 1.55. The quantitative estimate of drug-likeness (QED) is 0.626. The van der Waals surface area contributed by atoms with Crippen LogP contribution in [0.2, 0.25) is 0 Å². The second kappa shape index (κ2) is 7.77. The molecule has 1 amide bonds. The molecule has 1 rings (SSSR count). The molecule has 4 N–H and O–H groups in total. The van der Waals surface area contributed by atoms with Gasteiger partial charge in [-0.1, -0.05) is 29.8 Å². The van der Waals surface area contributed by atoms with Gasteiger partial charge in [-0.15, -0.1) is 0 Å². The van der Waals surface area contributed by atoms with E-state index >= 15 is 0 Å². The van der Waals surface area contributed by atoms with Crippen LogP contribution in [-0.4, -0.2) is 27.4 Å². The number of nitrogen functional groups attached to an aromatic ring is 1. The highest BCUT2D eigenvalue weighted by Gasteiger charge is 2.17. The van der Waals surface area contributed by atoms with Crippen LogP contribution in [0.5, 0.6) is 0 Å². The minimum atomic E-state index is -3.71. The summed E-state index contributed by atoms with van der Waals surface area (Å²) in [5.41, 5.74) is 5.85. The summed E-state index contributed by atoms with van der Waals surface area (Å²) in [6, 6.07) is 4.53. The number of carbonyl (C=O) groups excluding carboxylic acids is 1. The number of carbonyl (C=O) groups is 1. The van der Waals surface area contributed by atoms with Gasteiger partial charge in [0.05, 0.1) is 5.69 Å². The van der Waals surface area contributed by atoms with E-state index in [-0.39, 0.29) is 29.5 Å². The molecule has 0 fully saturated rings. The summed E-state index contributed by atoms with van der Waals surface area (Å²) in [6.07, 6.45) is 0.0857. The maximum absolute atomic E-state index is 12.1. The minimum absolute atomic E-state index is 0.00767. The Morgan fingerprint density at radius 3 is 2.62 bits per heavy atom. The maximum Gasteiger partial charge on any atom is 0.242 e. The average molecular weight is 378 g/mol. The van der Waals surface area contributed by atoms with Gasteiger partial charge in [-0.2, -0.15) is 0 Å². The fraction of sp³-hybridized carbons (Fsp3) is 0.462. The van der Waals surface area contributed by atoms with Crippen molar-refractivity contribution in [1.29, 1.82) is 0 Å². The first-order valence-electron chi connectivity index (χ1n) is 6.54. The van der Waals surface area contributed by atoms with Crippen LogP contribution in [0, 0.1) is 5.92 Å². The van der Waals surface area contributed by atoms with Gasteiger partial charge in [0.25, 0.3) is 0 Å². The van der Waals surface area contributed by atoms with Gasteiger partial charge in [0.1, 0.15) is 4.90 Å². The Kier molecular flexibility index (Phi) is 6.63. The molecule has 0 saturated heterocycles. The zero-order valence-corrected chi connectivity index (χ0v) is 14.4. The molecule has 0 atom stereocenters. The second-order valence-electron chi connectivity index (χ2n) is 5.03. The number of amides is 1. The van der Waals surface area contributed by atoms with E-state index < -0.39 is 10.0 Å². The number of halogens is 1. The zero-order valence-electron chi connectivity index (χ0n) is 12.0. The Morgan fingerprint density at radius 1 is 1.38 bits per heavy atom. The third-order valence-electron chi connectivity index (χ3n) is 2.61. The summed E-state index contributed by atoms with van der Waals surface area (Å²) in [5.74, 6) is 0.170. The predicted octanol–water partition coefficient (Wildman–Crippen LogP) is 1.47. The van der Waals surface area contributed by atoms with Crippen LogP contribution in [0.25, 0.3) is 0 Å². The van der Waals surface area contributed by atoms with Gasteiger partial charge < -0.3 is 11.1 Å². The van der Waals surface area contributed by atoms with Crippen molar-refractivity contribution in [3.63, 3.8) is 0 Å². The summed E-state index contributed by atoms with van der Waals surface area (Å²) in [5, 5.41) is 2.72. The Balaban J connectivity index is 2.56. The van der Waals surface area contributed by atoms with Crippen molar-refractivity contribution in [2.45, 2.75) is 25.2 Å². The van der Waals surface area contributed by atoms with E-state index in [9.17, 15) is 13.2 Å². The maximum atomic E-state index is 12.1. The number of nitrogens with one attached hydrogen (secondary N) is 2. The molecule has 1 aromatic carbocycles. The van der Waals surface area contributed by atoms with Crippen molar-refractivity contribution < 1.29 is 13.2 Å². The molecule has 21 heavy (non-hydrogen) atoms. The number of sulfonamides is 1. The molecule has 0 aliphatic carbocycles. The molecule has 0 aliphatic heterocycles. The van der Waals surface area contributed by atoms with Crippen LogP contribution >= 0.6 is 15.9 Å². The van der Waals surface area contributed by atoms with Crippen LogP contribution in [0.15, 0.2) is 27.6 Å². The smallest absolute Gasteiger partial charge is 0.242 e. The Bertz CT molecular complexity index is 603. The van der Waals surface area contributed by atoms with Gasteiger partial charge >= 0.3 is 0 Å². The van der Waals surface area contributed by atoms with Crippen molar-refractivity contribution in [1.82, 2.24) is 10.0 Å². The van der Waals surface area contributed by atoms with Crippen molar-refractivity contribution >= 4 is 37.5 Å². The van der Waals surface area contributed by atoms with Crippen LogP contribution in [0.1, 0.15) is 20.3 Å². The molecule has 0 radical (unpaired) electrons. The SMILES string of the molecule is CC(C)CNC(=O)CCNS(=O)(=O)c1ccc(Br)cc1N. The number of hydrogen-bond acceptors (Lipinski definition) is 4. The Morgan fingerprint density at radius 2 is 2.05 bits per heavy atom. The summed E-state index contributed by atoms with van der Waals surface area (Å²) in [4.78, 5) is 11.5. The summed E-state index contributed by atoms with van der Waals surface area (Å²) in [6.45, 7) is 4.58. The van der Waals surface area contributed by atoms with E-state index in [4.69, 9.17) is 5.73 Å². The minimum Gasteiger partial charge on any atom is -0.398 e. The van der Waals surface area contributed by atoms with E-state index in [1.165, 1.54) is 12.1 Å². The lowest BCUT2D eigenvalue weighted by atomic mass is 10.2. The topological polar surface area (TPSA) is 101 Å². The Hall–Kier alpha value is -1.12. The molecular formula is C13H20BrN3O3S. The monoisotopic (exact) mass is 377 g/mol. The van der Waals surface area contributed by atoms with Gasteiger partial charge in [-0.05, 0) is 24.1 Å². The van der Waals surface area contributed by atoms with Crippen LogP contribution in [0.4, 0.5) is 5.69 Å². The molecule has 118 valence electrons. The van der Waals surface area contributed by atoms with Crippen LogP contribution < -0.4 is 15.8 Å². The molecule has 0 heterocycles. The van der Waals surface area contributed by atoms with E-state index in [0.717, 1.165) is 0 Å². The van der Waals surface area contributed by atoms with Crippen molar-refractivity contribution in [3.8, 4) is 0 Å². The second-order valence-corrected chi connectivity index (χ2v) is 7.68. The van der Waals surface area contributed by atoms with Crippen LogP contribution in [0.3, 0.4) is 0 Å². The predicted molar refractivity (Wildman–Crippen MR) is 86.2 cm³/mol. The fourth-order valence-corrected chi connectivity index (χ4v) is 3.07. The molecule has 0 bridgehead atoms. The lowest BCUT2D eigenvalue weighted by Crippen LogP contribution is -2.32. The van der Waals surface area contributed by atoms with E-state index in [0.29, 0.717) is 16.9 Å². The van der Waals surface area contributed by atoms with Gasteiger partial charge in [0.2, 0.25) is 15.9 Å². The molecule has 0 spiro atoms. The van der Waals surface area contributed by atoms with Crippen molar-refractivity contribution in [2.75, 3.05) is 18.8 Å². The largest absolute Gasteiger partial charge is 0.398 e. The molecule has 0 unspecified atom stereocenters. The third-order valence-corrected chi connectivity index (χ3v) is 4.64. The molecule has 6 nitrogen and oxygen atoms in total. The third kappa shape index (κ3) is 6.03. The van der Waals surface area contributed by atoms with Crippen molar-refractivity contribution in [2.24, 2.45) is 5.92 Å². The molecule has 0 saturated carbocycles. The normalized spacial score (nSPS) is 11.6. The van der Waals surface area contributed by atoms with Gasteiger partial charge in [-0.3, -0.25) is 4.79 Å². The van der Waals surface area contributed by atoms with Crippen LogP contribution in [-0.2, 0) is 14.8 Å². The van der Waals surface area contributed by atoms with Gasteiger partial charge in [-0.25, -0.2) is 13.1 Å². The summed E-state index contributed by atoms with van der Waals surface area (Å²) < 4.78 is 27.2. The Labute approximate surface area is 133 Å². The van der Waals surface area contributed by atoms with Crippen molar-refractivity contribution in [3.05, 3.63) is 22.7 Å². The first-order chi connectivity index (χ1) is 9.72. The first kappa shape index (κ1) is 17.9. The standard InChI is InChI=1S/C13H20BrN3O3S/c1-9(2)8-16-13(18)5-6-17-21(19,20)12-4-3-10(14)7-11(12)15/h3-4,7,9,17H,5-6,8,15H2,1-2H3,(H,16,18). The molecule has 8 heteroatoms. The average Bonchev–Trinajstić information content (AvgIpc) is 2.35. The highest BCUT2D eigenvalue weighted by atomic mass is 79.9. The van der Waals surface area contributed by atoms with Gasteiger partial charge in [0, 0.05) is 24.0 Å². The number of hydrogen-bond donors (Lipinski definition) is 3. The number of benzene rings is 1. The molecule has 0 aliphatic rings. The molecular weight excluding hydrogens is 358 g/mol. The van der Waals surface area contributed by atoms with Gasteiger partial charge in [0.15, 0.2) is 0 Å². The lowest BCUT2D eigenvalue weighted by Gasteiger charge is -2.10. The van der Waals surface area contributed by atoms with E-state index in [2.05, 4.69) is 26.0 Å². The zero-order chi connectivity index (χ0) is 16.0. The summed E-state index contributed by atoms with van der Waals surface area (Å²) in [7, 11) is -3.71. The highest BCUT2D eigenvalue weighted by molar-refractivity contribution is 9.10. The number of anilines is 1. The number of nitrogens with two attached hydrogens (primary N) is 1. The molecule has 1 aromatic rings. The first-order valence-corrected chi connectivity index (χ1v) is 8.81.